The van der Waals surface area contributed by atoms with Gasteiger partial charge in [0, 0.05) is 31.3 Å². The van der Waals surface area contributed by atoms with Crippen molar-refractivity contribution in [2.75, 3.05) is 34.0 Å². The highest BCUT2D eigenvalue weighted by atomic mass is 16.5. The molecule has 1 aliphatic heterocycles. The predicted molar refractivity (Wildman–Crippen MR) is 127 cm³/mol. The van der Waals surface area contributed by atoms with Crippen molar-refractivity contribution in [3.05, 3.63) is 83.4 Å². The predicted octanol–water partition coefficient (Wildman–Crippen LogP) is 4.38. The van der Waals surface area contributed by atoms with Crippen molar-refractivity contribution in [2.45, 2.75) is 25.6 Å². The minimum atomic E-state index is -1.14. The zero-order valence-electron chi connectivity index (χ0n) is 19.4. The van der Waals surface area contributed by atoms with Gasteiger partial charge in [0.2, 0.25) is 0 Å². The number of hydrogen-bond acceptors (Lipinski definition) is 6. The van der Waals surface area contributed by atoms with Crippen LogP contribution in [-0.4, -0.2) is 44.0 Å². The van der Waals surface area contributed by atoms with E-state index in [0.29, 0.717) is 13.2 Å². The number of rotatable bonds is 8. The van der Waals surface area contributed by atoms with Gasteiger partial charge < -0.3 is 24.1 Å². The number of methoxy groups -OCH3 is 2. The van der Waals surface area contributed by atoms with Crippen LogP contribution in [0.2, 0.25) is 0 Å². The molecular weight excluding hydrogens is 418 g/mol. The standard InChI is InChI=1S/C27H31NO5/c1-27(29,19-33-23-7-5-4-6-8-23)22-9-10-26-21(15-22)18-28(11-12-32-26)17-20-13-24(30-2)16-25(14-20)31-3/h4-10,13-16,29H,11-12,17-19H2,1-3H3. The number of para-hydroxylation sites is 1. The topological polar surface area (TPSA) is 60.4 Å². The van der Waals surface area contributed by atoms with Gasteiger partial charge in [-0.25, -0.2) is 0 Å². The summed E-state index contributed by atoms with van der Waals surface area (Å²) in [6.45, 7) is 4.75. The van der Waals surface area contributed by atoms with E-state index >= 15 is 0 Å². The van der Waals surface area contributed by atoms with Crippen LogP contribution in [0, 0.1) is 0 Å². The van der Waals surface area contributed by atoms with Gasteiger partial charge in [-0.15, -0.1) is 0 Å². The fraction of sp³-hybridized carbons (Fsp3) is 0.333. The number of aliphatic hydroxyl groups is 1. The number of ether oxygens (including phenoxy) is 4. The van der Waals surface area contributed by atoms with Crippen LogP contribution in [0.1, 0.15) is 23.6 Å². The highest BCUT2D eigenvalue weighted by Crippen LogP contribution is 2.31. The molecule has 0 fully saturated rings. The number of benzene rings is 3. The zero-order valence-corrected chi connectivity index (χ0v) is 19.4. The summed E-state index contributed by atoms with van der Waals surface area (Å²) < 4.78 is 22.6. The molecule has 0 bridgehead atoms. The van der Waals surface area contributed by atoms with Gasteiger partial charge in [0.25, 0.3) is 0 Å². The molecule has 4 rings (SSSR count). The van der Waals surface area contributed by atoms with Crippen LogP contribution in [0.25, 0.3) is 0 Å². The molecule has 0 saturated carbocycles. The van der Waals surface area contributed by atoms with Crippen LogP contribution in [-0.2, 0) is 18.7 Å². The van der Waals surface area contributed by atoms with Crippen molar-refractivity contribution < 1.29 is 24.1 Å². The fourth-order valence-corrected chi connectivity index (χ4v) is 3.96. The smallest absolute Gasteiger partial charge is 0.123 e. The average Bonchev–Trinajstić information content (AvgIpc) is 3.04. The molecule has 1 heterocycles. The zero-order chi connectivity index (χ0) is 23.3. The Kier molecular flexibility index (Phi) is 7.06. The normalized spacial score (nSPS) is 15.5. The van der Waals surface area contributed by atoms with E-state index in [-0.39, 0.29) is 6.61 Å². The van der Waals surface area contributed by atoms with Gasteiger partial charge in [-0.3, -0.25) is 4.90 Å². The molecule has 0 radical (unpaired) electrons. The van der Waals surface area contributed by atoms with Gasteiger partial charge in [-0.05, 0) is 54.4 Å². The highest BCUT2D eigenvalue weighted by Gasteiger charge is 2.26. The third-order valence-electron chi connectivity index (χ3n) is 5.82. The van der Waals surface area contributed by atoms with E-state index in [0.717, 1.165) is 52.8 Å². The molecule has 1 atom stereocenters. The van der Waals surface area contributed by atoms with Crippen LogP contribution in [0.3, 0.4) is 0 Å². The van der Waals surface area contributed by atoms with Crippen LogP contribution in [0.4, 0.5) is 0 Å². The molecule has 3 aromatic rings. The number of nitrogens with zero attached hydrogens (tertiary/aromatic N) is 1. The Bertz CT molecular complexity index is 1050. The molecule has 6 heteroatoms. The summed E-state index contributed by atoms with van der Waals surface area (Å²) in [6.07, 6.45) is 0. The third kappa shape index (κ3) is 5.78. The molecule has 6 nitrogen and oxygen atoms in total. The van der Waals surface area contributed by atoms with Gasteiger partial charge >= 0.3 is 0 Å². The van der Waals surface area contributed by atoms with E-state index < -0.39 is 5.60 Å². The molecule has 1 unspecified atom stereocenters. The Morgan fingerprint density at radius 3 is 2.36 bits per heavy atom. The molecular formula is C27H31NO5. The largest absolute Gasteiger partial charge is 0.497 e. The summed E-state index contributed by atoms with van der Waals surface area (Å²) in [4.78, 5) is 2.32. The summed E-state index contributed by atoms with van der Waals surface area (Å²) in [5, 5.41) is 11.1. The van der Waals surface area contributed by atoms with Crippen molar-refractivity contribution in [3.8, 4) is 23.0 Å². The molecule has 3 aromatic carbocycles. The molecule has 0 amide bonds. The summed E-state index contributed by atoms with van der Waals surface area (Å²) in [5.41, 5.74) is 1.81. The summed E-state index contributed by atoms with van der Waals surface area (Å²) in [5.74, 6) is 3.13. The lowest BCUT2D eigenvalue weighted by atomic mass is 9.94. The minimum absolute atomic E-state index is 0.157. The lowest BCUT2D eigenvalue weighted by Crippen LogP contribution is -2.30. The Morgan fingerprint density at radius 2 is 1.67 bits per heavy atom. The monoisotopic (exact) mass is 449 g/mol. The number of hydrogen-bond donors (Lipinski definition) is 1. The van der Waals surface area contributed by atoms with E-state index in [1.54, 1.807) is 21.1 Å². The summed E-state index contributed by atoms with van der Waals surface area (Å²) >= 11 is 0. The van der Waals surface area contributed by atoms with Crippen molar-refractivity contribution in [1.82, 2.24) is 4.90 Å². The molecule has 0 spiro atoms. The van der Waals surface area contributed by atoms with Crippen LogP contribution >= 0.6 is 0 Å². The number of fused-ring (bicyclic) bond motifs is 1. The van der Waals surface area contributed by atoms with Gasteiger partial charge in [-0.1, -0.05) is 24.3 Å². The Balaban J connectivity index is 1.50. The third-order valence-corrected chi connectivity index (χ3v) is 5.82. The Morgan fingerprint density at radius 1 is 0.939 bits per heavy atom. The molecule has 0 aliphatic carbocycles. The van der Waals surface area contributed by atoms with Crippen LogP contribution in [0.5, 0.6) is 23.0 Å². The lowest BCUT2D eigenvalue weighted by Gasteiger charge is -2.25. The summed E-state index contributed by atoms with van der Waals surface area (Å²) in [6, 6.07) is 21.3. The van der Waals surface area contributed by atoms with Crippen molar-refractivity contribution in [3.63, 3.8) is 0 Å². The maximum atomic E-state index is 11.1. The second-order valence-electron chi connectivity index (χ2n) is 8.48. The van der Waals surface area contributed by atoms with E-state index in [1.165, 1.54) is 0 Å². The molecule has 33 heavy (non-hydrogen) atoms. The second-order valence-corrected chi connectivity index (χ2v) is 8.48. The van der Waals surface area contributed by atoms with Gasteiger partial charge in [-0.2, -0.15) is 0 Å². The quantitative estimate of drug-likeness (QED) is 0.551. The second kappa shape index (κ2) is 10.1. The van der Waals surface area contributed by atoms with E-state index in [4.69, 9.17) is 18.9 Å². The van der Waals surface area contributed by atoms with Crippen molar-refractivity contribution in [2.24, 2.45) is 0 Å². The van der Waals surface area contributed by atoms with Gasteiger partial charge in [0.1, 0.15) is 41.8 Å². The first-order valence-electron chi connectivity index (χ1n) is 11.1. The summed E-state index contributed by atoms with van der Waals surface area (Å²) in [7, 11) is 3.31. The van der Waals surface area contributed by atoms with Gasteiger partial charge in [0.15, 0.2) is 0 Å². The van der Waals surface area contributed by atoms with E-state index in [1.807, 2.05) is 66.7 Å². The van der Waals surface area contributed by atoms with Crippen molar-refractivity contribution in [1.29, 1.82) is 0 Å². The lowest BCUT2D eigenvalue weighted by molar-refractivity contribution is 0.00748. The van der Waals surface area contributed by atoms with Crippen LogP contribution < -0.4 is 18.9 Å². The Hall–Kier alpha value is -3.22. The first kappa shape index (κ1) is 23.0. The molecule has 0 saturated heterocycles. The maximum Gasteiger partial charge on any atom is 0.123 e. The van der Waals surface area contributed by atoms with Gasteiger partial charge in [0.05, 0.1) is 14.2 Å². The first-order chi connectivity index (χ1) is 16.0. The first-order valence-corrected chi connectivity index (χ1v) is 11.1. The Labute approximate surface area is 195 Å². The fourth-order valence-electron chi connectivity index (χ4n) is 3.96. The average molecular weight is 450 g/mol. The highest BCUT2D eigenvalue weighted by molar-refractivity contribution is 5.41. The van der Waals surface area contributed by atoms with E-state index in [2.05, 4.69) is 4.90 Å². The van der Waals surface area contributed by atoms with Crippen molar-refractivity contribution >= 4 is 0 Å². The minimum Gasteiger partial charge on any atom is -0.497 e. The molecule has 1 aliphatic rings. The van der Waals surface area contributed by atoms with E-state index in [9.17, 15) is 5.11 Å². The SMILES string of the molecule is COc1cc(CN2CCOc3ccc(C(C)(O)COc4ccccc4)cc3C2)cc(OC)c1. The molecule has 174 valence electrons. The maximum absolute atomic E-state index is 11.1. The van der Waals surface area contributed by atoms with Crippen LogP contribution in [0.15, 0.2) is 66.7 Å². The molecule has 1 N–H and O–H groups in total. The molecule has 0 aromatic heterocycles.